The number of aromatic nitrogens is 2. The van der Waals surface area contributed by atoms with E-state index in [-0.39, 0.29) is 0 Å². The van der Waals surface area contributed by atoms with Crippen LogP contribution in [0.3, 0.4) is 0 Å². The van der Waals surface area contributed by atoms with Crippen LogP contribution in [0.1, 0.15) is 64.1 Å². The van der Waals surface area contributed by atoms with Crippen molar-refractivity contribution in [1.82, 2.24) is 9.97 Å². The van der Waals surface area contributed by atoms with Crippen LogP contribution < -0.4 is 5.32 Å². The zero-order chi connectivity index (χ0) is 14.9. The third kappa shape index (κ3) is 5.41. The lowest BCUT2D eigenvalue weighted by Gasteiger charge is -2.06. The van der Waals surface area contributed by atoms with Gasteiger partial charge in [0.2, 0.25) is 0 Å². The third-order valence-electron chi connectivity index (χ3n) is 3.96. The zero-order valence-corrected chi connectivity index (χ0v) is 13.5. The van der Waals surface area contributed by atoms with E-state index in [1.807, 2.05) is 6.92 Å². The Bertz CT molecular complexity index is 530. The molecule has 0 saturated heterocycles. The maximum atomic E-state index is 4.42. The molecule has 2 N–H and O–H groups in total. The van der Waals surface area contributed by atoms with Crippen molar-refractivity contribution in [1.29, 1.82) is 0 Å². The average molecular weight is 287 g/mol. The highest BCUT2D eigenvalue weighted by atomic mass is 14.9. The Morgan fingerprint density at radius 1 is 1.00 bits per heavy atom. The molecule has 21 heavy (non-hydrogen) atoms. The van der Waals surface area contributed by atoms with Crippen LogP contribution in [0.5, 0.6) is 0 Å². The number of nitrogens with zero attached hydrogens (tertiary/aromatic N) is 1. The summed E-state index contributed by atoms with van der Waals surface area (Å²) in [7, 11) is 0. The number of hydrogen-bond donors (Lipinski definition) is 2. The van der Waals surface area contributed by atoms with Crippen molar-refractivity contribution in [3.63, 3.8) is 0 Å². The maximum absolute atomic E-state index is 4.42. The fourth-order valence-corrected chi connectivity index (χ4v) is 2.74. The molecule has 1 aromatic carbocycles. The minimum atomic E-state index is 0.977. The number of anilines is 1. The lowest BCUT2D eigenvalue weighted by Crippen LogP contribution is -2.01. The van der Waals surface area contributed by atoms with Gasteiger partial charge in [0.05, 0.1) is 11.0 Å². The van der Waals surface area contributed by atoms with E-state index >= 15 is 0 Å². The summed E-state index contributed by atoms with van der Waals surface area (Å²) in [5.41, 5.74) is 3.35. The quantitative estimate of drug-likeness (QED) is 0.572. The summed E-state index contributed by atoms with van der Waals surface area (Å²) in [5.74, 6) is 0.977. The summed E-state index contributed by atoms with van der Waals surface area (Å²) in [6.07, 6.45) is 10.9. The van der Waals surface area contributed by atoms with Gasteiger partial charge >= 0.3 is 0 Å². The van der Waals surface area contributed by atoms with Crippen molar-refractivity contribution in [2.45, 2.75) is 65.2 Å². The lowest BCUT2D eigenvalue weighted by molar-refractivity contribution is 0.581. The molecule has 0 aliphatic rings. The zero-order valence-electron chi connectivity index (χ0n) is 13.5. The van der Waals surface area contributed by atoms with Gasteiger partial charge in [-0.2, -0.15) is 0 Å². The van der Waals surface area contributed by atoms with E-state index in [0.717, 1.165) is 23.4 Å². The summed E-state index contributed by atoms with van der Waals surface area (Å²) >= 11 is 0. The van der Waals surface area contributed by atoms with Crippen LogP contribution in [0.15, 0.2) is 18.2 Å². The second-order valence-electron chi connectivity index (χ2n) is 5.96. The summed E-state index contributed by atoms with van der Waals surface area (Å²) in [6.45, 7) is 5.33. The van der Waals surface area contributed by atoms with Gasteiger partial charge in [0.1, 0.15) is 5.82 Å². The van der Waals surface area contributed by atoms with Gasteiger partial charge in [0, 0.05) is 12.2 Å². The van der Waals surface area contributed by atoms with Crippen molar-refractivity contribution in [3.05, 3.63) is 24.0 Å². The Kier molecular flexibility index (Phi) is 6.58. The molecule has 0 spiro atoms. The Morgan fingerprint density at radius 3 is 2.48 bits per heavy atom. The van der Waals surface area contributed by atoms with Crippen molar-refractivity contribution < 1.29 is 0 Å². The SMILES string of the molecule is CCCCCCCCCCNc1ccc2nc(C)[nH]c2c1. The molecule has 3 nitrogen and oxygen atoms in total. The molecule has 0 unspecified atom stereocenters. The Hall–Kier alpha value is -1.51. The maximum Gasteiger partial charge on any atom is 0.104 e. The molecular weight excluding hydrogens is 258 g/mol. The molecule has 116 valence electrons. The van der Waals surface area contributed by atoms with Crippen molar-refractivity contribution >= 4 is 16.7 Å². The Labute approximate surface area is 128 Å². The van der Waals surface area contributed by atoms with Gasteiger partial charge in [-0.1, -0.05) is 51.9 Å². The first-order valence-electron chi connectivity index (χ1n) is 8.50. The molecule has 3 heteroatoms. The molecular formula is C18H29N3. The van der Waals surface area contributed by atoms with Crippen LogP contribution >= 0.6 is 0 Å². The molecule has 0 aliphatic heterocycles. The number of fused-ring (bicyclic) bond motifs is 1. The van der Waals surface area contributed by atoms with Crippen molar-refractivity contribution in [2.24, 2.45) is 0 Å². The standard InChI is InChI=1S/C18H29N3/c1-3-4-5-6-7-8-9-10-13-19-16-11-12-17-18(14-16)21-15(2)20-17/h11-12,14,19H,3-10,13H2,1-2H3,(H,20,21). The van der Waals surface area contributed by atoms with Crippen LogP contribution in [-0.2, 0) is 0 Å². The highest BCUT2D eigenvalue weighted by molar-refractivity contribution is 5.79. The van der Waals surface area contributed by atoms with E-state index in [0.29, 0.717) is 0 Å². The molecule has 0 amide bonds. The largest absolute Gasteiger partial charge is 0.385 e. The summed E-state index contributed by atoms with van der Waals surface area (Å²) in [5, 5.41) is 3.51. The Morgan fingerprint density at radius 2 is 1.71 bits per heavy atom. The first-order valence-corrected chi connectivity index (χ1v) is 8.50. The fourth-order valence-electron chi connectivity index (χ4n) is 2.74. The normalized spacial score (nSPS) is 11.1. The molecule has 0 bridgehead atoms. The van der Waals surface area contributed by atoms with Crippen LogP contribution in [0.2, 0.25) is 0 Å². The average Bonchev–Trinajstić information content (AvgIpc) is 2.85. The van der Waals surface area contributed by atoms with Crippen LogP contribution in [0, 0.1) is 6.92 Å². The van der Waals surface area contributed by atoms with Crippen LogP contribution in [0.25, 0.3) is 11.0 Å². The molecule has 1 heterocycles. The van der Waals surface area contributed by atoms with Crippen LogP contribution in [-0.4, -0.2) is 16.5 Å². The monoisotopic (exact) mass is 287 g/mol. The predicted molar refractivity (Wildman–Crippen MR) is 91.9 cm³/mol. The van der Waals surface area contributed by atoms with Crippen molar-refractivity contribution in [3.8, 4) is 0 Å². The second kappa shape index (κ2) is 8.71. The minimum Gasteiger partial charge on any atom is -0.385 e. The van der Waals surface area contributed by atoms with Gasteiger partial charge < -0.3 is 10.3 Å². The van der Waals surface area contributed by atoms with Gasteiger partial charge in [0.25, 0.3) is 0 Å². The van der Waals surface area contributed by atoms with E-state index in [9.17, 15) is 0 Å². The van der Waals surface area contributed by atoms with E-state index in [4.69, 9.17) is 0 Å². The molecule has 0 atom stereocenters. The number of aromatic amines is 1. The van der Waals surface area contributed by atoms with Gasteiger partial charge in [-0.05, 0) is 31.5 Å². The smallest absolute Gasteiger partial charge is 0.104 e. The predicted octanol–water partition coefficient (Wildman–Crippen LogP) is 5.42. The van der Waals surface area contributed by atoms with Crippen LogP contribution in [0.4, 0.5) is 5.69 Å². The number of unbranched alkanes of at least 4 members (excludes halogenated alkanes) is 7. The number of imidazole rings is 1. The first-order chi connectivity index (χ1) is 10.3. The minimum absolute atomic E-state index is 0.977. The first kappa shape index (κ1) is 15.9. The highest BCUT2D eigenvalue weighted by Gasteiger charge is 2.00. The second-order valence-corrected chi connectivity index (χ2v) is 5.96. The number of rotatable bonds is 10. The summed E-state index contributed by atoms with van der Waals surface area (Å²) < 4.78 is 0. The van der Waals surface area contributed by atoms with Gasteiger partial charge in [-0.15, -0.1) is 0 Å². The molecule has 2 rings (SSSR count). The number of H-pyrrole nitrogens is 1. The molecule has 0 radical (unpaired) electrons. The van der Waals surface area contributed by atoms with Gasteiger partial charge in [-0.25, -0.2) is 4.98 Å². The van der Waals surface area contributed by atoms with Crippen molar-refractivity contribution in [2.75, 3.05) is 11.9 Å². The van der Waals surface area contributed by atoms with E-state index in [2.05, 4.69) is 40.4 Å². The summed E-state index contributed by atoms with van der Waals surface area (Å²) in [6, 6.07) is 6.35. The lowest BCUT2D eigenvalue weighted by atomic mass is 10.1. The number of nitrogens with one attached hydrogen (secondary N) is 2. The molecule has 1 aromatic heterocycles. The summed E-state index contributed by atoms with van der Waals surface area (Å²) in [4.78, 5) is 7.71. The highest BCUT2D eigenvalue weighted by Crippen LogP contribution is 2.17. The molecule has 0 saturated carbocycles. The Balaban J connectivity index is 1.59. The number of aryl methyl sites for hydroxylation is 1. The van der Waals surface area contributed by atoms with Gasteiger partial charge in [0.15, 0.2) is 0 Å². The number of hydrogen-bond acceptors (Lipinski definition) is 2. The molecule has 2 aromatic rings. The van der Waals surface area contributed by atoms with E-state index < -0.39 is 0 Å². The number of benzene rings is 1. The van der Waals surface area contributed by atoms with Gasteiger partial charge in [-0.3, -0.25) is 0 Å². The molecule has 0 aliphatic carbocycles. The molecule has 0 fully saturated rings. The van der Waals surface area contributed by atoms with E-state index in [1.54, 1.807) is 0 Å². The fraction of sp³-hybridized carbons (Fsp3) is 0.611. The van der Waals surface area contributed by atoms with E-state index in [1.165, 1.54) is 57.1 Å². The third-order valence-corrected chi connectivity index (χ3v) is 3.96. The topological polar surface area (TPSA) is 40.7 Å².